The third kappa shape index (κ3) is 4.23. The highest BCUT2D eigenvalue weighted by Gasteiger charge is 2.08. The van der Waals surface area contributed by atoms with Crippen LogP contribution in [0.5, 0.6) is 0 Å². The third-order valence-corrected chi connectivity index (χ3v) is 3.48. The van der Waals surface area contributed by atoms with Crippen LogP contribution in [-0.2, 0) is 20.9 Å². The number of hydrogen-bond acceptors (Lipinski definition) is 3. The van der Waals surface area contributed by atoms with Crippen molar-refractivity contribution in [3.8, 4) is 0 Å². The summed E-state index contributed by atoms with van der Waals surface area (Å²) in [6.07, 6.45) is 1.05. The molecular weight excluding hydrogens is 292 g/mol. The lowest BCUT2D eigenvalue weighted by Gasteiger charge is -2.10. The summed E-state index contributed by atoms with van der Waals surface area (Å²) in [6.45, 7) is 4.24. The Hall–Kier alpha value is -0.390. The molecule has 1 aromatic carbocycles. The number of halogens is 1. The molecule has 0 aliphatic carbocycles. The lowest BCUT2D eigenvalue weighted by atomic mass is 10.0. The molecule has 0 spiro atoms. The maximum atomic E-state index is 10.9. The minimum absolute atomic E-state index is 0.0694. The minimum Gasteiger partial charge on any atom is -0.265 e. The van der Waals surface area contributed by atoms with E-state index in [4.69, 9.17) is 4.18 Å². The van der Waals surface area contributed by atoms with E-state index in [0.29, 0.717) is 5.92 Å². The van der Waals surface area contributed by atoms with E-state index in [0.717, 1.165) is 21.9 Å². The van der Waals surface area contributed by atoms with E-state index in [1.807, 2.05) is 18.2 Å². The topological polar surface area (TPSA) is 43.4 Å². The van der Waals surface area contributed by atoms with Crippen LogP contribution in [0.4, 0.5) is 0 Å². The summed E-state index contributed by atoms with van der Waals surface area (Å²) in [5, 5.41) is 0. The largest absolute Gasteiger partial charge is 0.265 e. The van der Waals surface area contributed by atoms with Crippen molar-refractivity contribution >= 4 is 26.0 Å². The number of hydrogen-bond donors (Lipinski definition) is 0. The van der Waals surface area contributed by atoms with Crippen LogP contribution in [0.1, 0.15) is 30.9 Å². The van der Waals surface area contributed by atoms with Gasteiger partial charge in [0.05, 0.1) is 12.9 Å². The van der Waals surface area contributed by atoms with E-state index >= 15 is 0 Å². The van der Waals surface area contributed by atoms with Gasteiger partial charge in [-0.1, -0.05) is 41.9 Å². The molecule has 0 aromatic heterocycles. The molecule has 0 heterocycles. The molecule has 0 radical (unpaired) electrons. The fourth-order valence-corrected chi connectivity index (χ4v) is 1.94. The van der Waals surface area contributed by atoms with Gasteiger partial charge < -0.3 is 0 Å². The highest BCUT2D eigenvalue weighted by Crippen LogP contribution is 2.23. The Morgan fingerprint density at radius 2 is 2.00 bits per heavy atom. The van der Waals surface area contributed by atoms with E-state index in [9.17, 15) is 8.42 Å². The summed E-state index contributed by atoms with van der Waals surface area (Å²) in [6, 6.07) is 5.88. The van der Waals surface area contributed by atoms with Crippen molar-refractivity contribution in [2.24, 2.45) is 0 Å². The standard InChI is InChI=1S/C11H15BrO3S/c1-8(2)9-4-5-11(12)10(6-9)7-15-16(3,13)14/h4-6,8H,7H2,1-3H3. The molecular formula is C11H15BrO3S. The van der Waals surface area contributed by atoms with Crippen LogP contribution in [0.25, 0.3) is 0 Å². The summed E-state index contributed by atoms with van der Waals surface area (Å²) < 4.78 is 27.4. The summed E-state index contributed by atoms with van der Waals surface area (Å²) in [5.41, 5.74) is 2.01. The lowest BCUT2D eigenvalue weighted by Crippen LogP contribution is -2.03. The van der Waals surface area contributed by atoms with Gasteiger partial charge in [0.1, 0.15) is 0 Å². The molecule has 0 atom stereocenters. The van der Waals surface area contributed by atoms with E-state index in [1.165, 1.54) is 0 Å². The fraction of sp³-hybridized carbons (Fsp3) is 0.455. The zero-order valence-electron chi connectivity index (χ0n) is 9.53. The van der Waals surface area contributed by atoms with Crippen molar-refractivity contribution in [3.05, 3.63) is 33.8 Å². The summed E-state index contributed by atoms with van der Waals surface area (Å²) in [4.78, 5) is 0. The first-order valence-corrected chi connectivity index (χ1v) is 7.53. The van der Waals surface area contributed by atoms with Gasteiger partial charge in [0.25, 0.3) is 10.1 Å². The fourth-order valence-electron chi connectivity index (χ4n) is 1.23. The first-order chi connectivity index (χ1) is 7.29. The number of benzene rings is 1. The van der Waals surface area contributed by atoms with Crippen LogP contribution in [0.15, 0.2) is 22.7 Å². The Morgan fingerprint density at radius 3 is 2.50 bits per heavy atom. The molecule has 0 unspecified atom stereocenters. The zero-order valence-corrected chi connectivity index (χ0v) is 11.9. The molecule has 0 aliphatic heterocycles. The van der Waals surface area contributed by atoms with Crippen LogP contribution in [0.2, 0.25) is 0 Å². The SMILES string of the molecule is CC(C)c1ccc(Br)c(COS(C)(=O)=O)c1. The second kappa shape index (κ2) is 5.29. The van der Waals surface area contributed by atoms with E-state index in [1.54, 1.807) is 0 Å². The summed E-state index contributed by atoms with van der Waals surface area (Å²) in [5.74, 6) is 0.407. The van der Waals surface area contributed by atoms with Crippen molar-refractivity contribution in [2.75, 3.05) is 6.26 Å². The van der Waals surface area contributed by atoms with Crippen LogP contribution >= 0.6 is 15.9 Å². The van der Waals surface area contributed by atoms with Crippen molar-refractivity contribution in [3.63, 3.8) is 0 Å². The molecule has 0 N–H and O–H groups in total. The van der Waals surface area contributed by atoms with Crippen LogP contribution < -0.4 is 0 Å². The van der Waals surface area contributed by atoms with E-state index < -0.39 is 10.1 Å². The first kappa shape index (κ1) is 13.7. The molecule has 90 valence electrons. The minimum atomic E-state index is -3.39. The Bertz CT molecular complexity index is 466. The average Bonchev–Trinajstić information content (AvgIpc) is 2.14. The molecule has 0 bridgehead atoms. The molecule has 0 aliphatic rings. The van der Waals surface area contributed by atoms with Gasteiger partial charge in [-0.25, -0.2) is 0 Å². The monoisotopic (exact) mass is 306 g/mol. The second-order valence-corrected chi connectivity index (χ2v) is 6.47. The lowest BCUT2D eigenvalue weighted by molar-refractivity contribution is 0.311. The van der Waals surface area contributed by atoms with Gasteiger partial charge in [0.15, 0.2) is 0 Å². The maximum absolute atomic E-state index is 10.9. The van der Waals surface area contributed by atoms with Crippen molar-refractivity contribution in [1.82, 2.24) is 0 Å². The molecule has 0 saturated heterocycles. The van der Waals surface area contributed by atoms with E-state index in [-0.39, 0.29) is 6.61 Å². The highest BCUT2D eigenvalue weighted by atomic mass is 79.9. The Morgan fingerprint density at radius 1 is 1.38 bits per heavy atom. The second-order valence-electron chi connectivity index (χ2n) is 3.97. The maximum Gasteiger partial charge on any atom is 0.264 e. The predicted octanol–water partition coefficient (Wildman–Crippen LogP) is 3.05. The van der Waals surface area contributed by atoms with Gasteiger partial charge in [-0.05, 0) is 23.1 Å². The van der Waals surface area contributed by atoms with Gasteiger partial charge in [0.2, 0.25) is 0 Å². The Labute approximate surface area is 105 Å². The van der Waals surface area contributed by atoms with Crippen molar-refractivity contribution in [1.29, 1.82) is 0 Å². The summed E-state index contributed by atoms with van der Waals surface area (Å²) in [7, 11) is -3.39. The summed E-state index contributed by atoms with van der Waals surface area (Å²) >= 11 is 3.37. The third-order valence-electron chi connectivity index (χ3n) is 2.16. The van der Waals surface area contributed by atoms with Gasteiger partial charge in [-0.2, -0.15) is 8.42 Å². The van der Waals surface area contributed by atoms with Gasteiger partial charge >= 0.3 is 0 Å². The van der Waals surface area contributed by atoms with Crippen LogP contribution in [-0.4, -0.2) is 14.7 Å². The first-order valence-electron chi connectivity index (χ1n) is 4.92. The molecule has 0 fully saturated rings. The molecule has 1 aromatic rings. The van der Waals surface area contributed by atoms with Gasteiger partial charge in [0, 0.05) is 4.47 Å². The van der Waals surface area contributed by atoms with Crippen LogP contribution in [0, 0.1) is 0 Å². The number of rotatable bonds is 4. The molecule has 3 nitrogen and oxygen atoms in total. The van der Waals surface area contributed by atoms with E-state index in [2.05, 4.69) is 29.8 Å². The average molecular weight is 307 g/mol. The van der Waals surface area contributed by atoms with Crippen LogP contribution in [0.3, 0.4) is 0 Å². The Balaban J connectivity index is 2.90. The normalized spacial score (nSPS) is 12.1. The molecule has 0 amide bonds. The van der Waals surface area contributed by atoms with Gasteiger partial charge in [-0.3, -0.25) is 4.18 Å². The smallest absolute Gasteiger partial charge is 0.264 e. The molecule has 1 rings (SSSR count). The van der Waals surface area contributed by atoms with Gasteiger partial charge in [-0.15, -0.1) is 0 Å². The van der Waals surface area contributed by atoms with Crippen molar-refractivity contribution in [2.45, 2.75) is 26.4 Å². The Kier molecular flexibility index (Phi) is 4.52. The quantitative estimate of drug-likeness (QED) is 0.803. The molecule has 0 saturated carbocycles. The molecule has 5 heteroatoms. The highest BCUT2D eigenvalue weighted by molar-refractivity contribution is 9.10. The molecule has 16 heavy (non-hydrogen) atoms. The zero-order chi connectivity index (χ0) is 12.3. The van der Waals surface area contributed by atoms with Crippen molar-refractivity contribution < 1.29 is 12.6 Å². The predicted molar refractivity (Wildman–Crippen MR) is 67.9 cm³/mol.